The van der Waals surface area contributed by atoms with Gasteiger partial charge >= 0.3 is 5.97 Å². The second-order valence-corrected chi connectivity index (χ2v) is 10.3. The molecule has 2 heterocycles. The molecule has 1 aromatic carbocycles. The van der Waals surface area contributed by atoms with Gasteiger partial charge in [-0.05, 0) is 75.2 Å². The van der Waals surface area contributed by atoms with Crippen LogP contribution in [0.25, 0.3) is 0 Å². The van der Waals surface area contributed by atoms with Gasteiger partial charge in [-0.3, -0.25) is 9.59 Å². The van der Waals surface area contributed by atoms with Gasteiger partial charge in [0.1, 0.15) is 6.10 Å². The number of fused-ring (bicyclic) bond motifs is 3. The second-order valence-electron chi connectivity index (χ2n) is 10.3. The van der Waals surface area contributed by atoms with Gasteiger partial charge in [0.15, 0.2) is 5.78 Å². The Balaban J connectivity index is 1.23. The van der Waals surface area contributed by atoms with Crippen molar-refractivity contribution in [1.29, 1.82) is 0 Å². The molecule has 4 nitrogen and oxygen atoms in total. The van der Waals surface area contributed by atoms with E-state index in [0.717, 1.165) is 56.0 Å². The van der Waals surface area contributed by atoms with Gasteiger partial charge in [-0.15, -0.1) is 0 Å². The van der Waals surface area contributed by atoms with Gasteiger partial charge in [-0.25, -0.2) is 0 Å². The maximum atomic E-state index is 12.9. The van der Waals surface area contributed by atoms with Crippen LogP contribution in [0.1, 0.15) is 45.1 Å². The molecular formula is C27H33NO3. The van der Waals surface area contributed by atoms with E-state index in [1.165, 1.54) is 18.4 Å². The monoisotopic (exact) mass is 419 g/mol. The Labute approximate surface area is 185 Å². The van der Waals surface area contributed by atoms with Crippen molar-refractivity contribution in [2.24, 2.45) is 23.2 Å². The van der Waals surface area contributed by atoms with Crippen LogP contribution in [0.2, 0.25) is 0 Å². The van der Waals surface area contributed by atoms with E-state index >= 15 is 0 Å². The topological polar surface area (TPSA) is 46.6 Å². The fourth-order valence-electron chi connectivity index (χ4n) is 6.38. The molecule has 0 amide bonds. The number of nitrogens with zero attached hydrogens (tertiary/aromatic N) is 1. The first-order valence-corrected chi connectivity index (χ1v) is 11.9. The van der Waals surface area contributed by atoms with Crippen LogP contribution in [0, 0.1) is 23.2 Å². The second kappa shape index (κ2) is 8.05. The summed E-state index contributed by atoms with van der Waals surface area (Å²) >= 11 is 0. The number of hydrogen-bond donors (Lipinski definition) is 0. The highest BCUT2D eigenvalue weighted by molar-refractivity contribution is 6.05. The SMILES string of the molecule is CC1=C2[C@H]3OC(=O)[C@H](CN4CCC(Cc5ccccc5)CC4)[C@@H]3CC[C@@]2(C)C=CC1=O. The molecule has 31 heavy (non-hydrogen) atoms. The molecule has 4 atom stereocenters. The van der Waals surface area contributed by atoms with E-state index in [9.17, 15) is 9.59 Å². The Hall–Kier alpha value is -2.20. The molecule has 1 aromatic rings. The van der Waals surface area contributed by atoms with E-state index in [1.54, 1.807) is 6.08 Å². The number of carbonyl (C=O) groups excluding carboxylic acids is 2. The van der Waals surface area contributed by atoms with Crippen LogP contribution in [0.4, 0.5) is 0 Å². The summed E-state index contributed by atoms with van der Waals surface area (Å²) in [5.41, 5.74) is 3.13. The molecule has 0 N–H and O–H groups in total. The Kier molecular flexibility index (Phi) is 5.37. The summed E-state index contributed by atoms with van der Waals surface area (Å²) in [6.07, 6.45) is 9.01. The van der Waals surface area contributed by atoms with Crippen LogP contribution in [0.5, 0.6) is 0 Å². The minimum absolute atomic E-state index is 0.0621. The summed E-state index contributed by atoms with van der Waals surface area (Å²) in [5, 5.41) is 0. The number of esters is 1. The first-order chi connectivity index (χ1) is 14.9. The third-order valence-electron chi connectivity index (χ3n) is 8.25. The lowest BCUT2D eigenvalue weighted by Gasteiger charge is -2.43. The lowest BCUT2D eigenvalue weighted by Crippen LogP contribution is -2.43. The van der Waals surface area contributed by atoms with Gasteiger partial charge in [0.2, 0.25) is 0 Å². The fourth-order valence-corrected chi connectivity index (χ4v) is 6.38. The summed E-state index contributed by atoms with van der Waals surface area (Å²) in [5.74, 6) is 0.861. The van der Waals surface area contributed by atoms with Crippen molar-refractivity contribution in [2.45, 2.75) is 52.1 Å². The highest BCUT2D eigenvalue weighted by Gasteiger charge is 2.54. The summed E-state index contributed by atoms with van der Waals surface area (Å²) in [7, 11) is 0. The van der Waals surface area contributed by atoms with Crippen LogP contribution >= 0.6 is 0 Å². The molecule has 0 spiro atoms. The van der Waals surface area contributed by atoms with Gasteiger partial charge in [-0.1, -0.05) is 43.3 Å². The number of hydrogen-bond acceptors (Lipinski definition) is 4. The molecule has 5 rings (SSSR count). The normalized spacial score (nSPS) is 33.9. The maximum absolute atomic E-state index is 12.9. The Bertz CT molecular complexity index is 925. The van der Waals surface area contributed by atoms with Crippen LogP contribution in [-0.4, -0.2) is 42.4 Å². The summed E-state index contributed by atoms with van der Waals surface area (Å²) < 4.78 is 5.96. The van der Waals surface area contributed by atoms with E-state index < -0.39 is 0 Å². The van der Waals surface area contributed by atoms with Gasteiger partial charge in [0.25, 0.3) is 0 Å². The highest BCUT2D eigenvalue weighted by atomic mass is 16.6. The van der Waals surface area contributed by atoms with Crippen LogP contribution in [-0.2, 0) is 20.7 Å². The van der Waals surface area contributed by atoms with E-state index in [1.807, 2.05) is 13.0 Å². The molecule has 2 aliphatic heterocycles. The molecule has 2 saturated heterocycles. The minimum Gasteiger partial charge on any atom is -0.457 e. The molecule has 0 unspecified atom stereocenters. The largest absolute Gasteiger partial charge is 0.457 e. The first kappa shape index (κ1) is 20.7. The van der Waals surface area contributed by atoms with Crippen molar-refractivity contribution in [1.82, 2.24) is 4.90 Å². The van der Waals surface area contributed by atoms with Gasteiger partial charge in [0.05, 0.1) is 5.92 Å². The van der Waals surface area contributed by atoms with E-state index in [0.29, 0.717) is 0 Å². The third-order valence-corrected chi connectivity index (χ3v) is 8.25. The number of likely N-dealkylation sites (tertiary alicyclic amines) is 1. The van der Waals surface area contributed by atoms with Crippen molar-refractivity contribution in [3.63, 3.8) is 0 Å². The molecule has 4 aliphatic rings. The minimum atomic E-state index is -0.222. The molecule has 1 saturated carbocycles. The molecule has 0 aromatic heterocycles. The Morgan fingerprint density at radius 1 is 1.10 bits per heavy atom. The summed E-state index contributed by atoms with van der Waals surface area (Å²) in [6, 6.07) is 10.8. The Morgan fingerprint density at radius 2 is 1.84 bits per heavy atom. The van der Waals surface area contributed by atoms with Crippen LogP contribution in [0.3, 0.4) is 0 Å². The summed E-state index contributed by atoms with van der Waals surface area (Å²) in [6.45, 7) is 6.99. The number of piperidine rings is 1. The first-order valence-electron chi connectivity index (χ1n) is 11.9. The molecule has 164 valence electrons. The zero-order valence-electron chi connectivity index (χ0n) is 18.7. The number of allylic oxidation sites excluding steroid dienone is 3. The molecule has 2 aliphatic carbocycles. The molecule has 3 fully saturated rings. The average molecular weight is 420 g/mol. The zero-order chi connectivity index (χ0) is 21.6. The van der Waals surface area contributed by atoms with E-state index in [4.69, 9.17) is 4.74 Å². The highest BCUT2D eigenvalue weighted by Crippen LogP contribution is 2.53. The van der Waals surface area contributed by atoms with Crippen molar-refractivity contribution >= 4 is 11.8 Å². The van der Waals surface area contributed by atoms with Crippen molar-refractivity contribution in [3.05, 3.63) is 59.2 Å². The lowest BCUT2D eigenvalue weighted by atomic mass is 9.61. The number of ketones is 1. The quantitative estimate of drug-likeness (QED) is 0.681. The third kappa shape index (κ3) is 3.80. The van der Waals surface area contributed by atoms with Crippen molar-refractivity contribution < 1.29 is 14.3 Å². The van der Waals surface area contributed by atoms with Gasteiger partial charge < -0.3 is 9.64 Å². The van der Waals surface area contributed by atoms with Crippen LogP contribution < -0.4 is 0 Å². The zero-order valence-corrected chi connectivity index (χ0v) is 18.7. The maximum Gasteiger partial charge on any atom is 0.311 e. The number of carbonyl (C=O) groups is 2. The van der Waals surface area contributed by atoms with Gasteiger partial charge in [-0.2, -0.15) is 0 Å². The van der Waals surface area contributed by atoms with Crippen LogP contribution in [0.15, 0.2) is 53.6 Å². The molecule has 0 radical (unpaired) electrons. The van der Waals surface area contributed by atoms with Crippen molar-refractivity contribution in [2.75, 3.05) is 19.6 Å². The molecule has 4 heteroatoms. The number of rotatable bonds is 4. The van der Waals surface area contributed by atoms with E-state index in [-0.39, 0.29) is 35.1 Å². The predicted octanol–water partition coefficient (Wildman–Crippen LogP) is 4.35. The predicted molar refractivity (Wildman–Crippen MR) is 120 cm³/mol. The Morgan fingerprint density at radius 3 is 2.58 bits per heavy atom. The number of ether oxygens (including phenoxy) is 1. The lowest BCUT2D eigenvalue weighted by molar-refractivity contribution is -0.144. The molecule has 0 bridgehead atoms. The molecular weight excluding hydrogens is 386 g/mol. The van der Waals surface area contributed by atoms with E-state index in [2.05, 4.69) is 42.2 Å². The smallest absolute Gasteiger partial charge is 0.311 e. The van der Waals surface area contributed by atoms with Gasteiger partial charge in [0, 0.05) is 23.5 Å². The fraction of sp³-hybridized carbons (Fsp3) is 0.556. The average Bonchev–Trinajstić information content (AvgIpc) is 3.08. The number of benzene rings is 1. The summed E-state index contributed by atoms with van der Waals surface area (Å²) in [4.78, 5) is 27.7. The van der Waals surface area contributed by atoms with Crippen molar-refractivity contribution in [3.8, 4) is 0 Å². The standard InChI is InChI=1S/C27H33NO3/c1-18-23(29)9-13-27(2)12-8-21-22(26(30)31-25(21)24(18)27)17-28-14-10-20(11-15-28)16-19-6-4-3-5-7-19/h3-7,9,13,20-22,25H,8,10-12,14-17H2,1-2H3/t21-,22+,25-,27-/m0/s1.